The summed E-state index contributed by atoms with van der Waals surface area (Å²) in [5.41, 5.74) is 4.58. The zero-order valence-electron chi connectivity index (χ0n) is 16.6. The Hall–Kier alpha value is -1.53. The number of carbonyl (C=O) groups is 1. The van der Waals surface area contributed by atoms with Crippen LogP contribution in [0.1, 0.15) is 57.4 Å². The standard InChI is InChI=1S/C22H32F2N2O2/c1-2-19(25)14-16-9-12-26(13-10-16)20(27)22(28,17-6-4-3-5-7-17)18-8-11-21(23,24)15-18/h3-7,16,18-19,28H,2,8-15,25H2,1H3/t18-,19?,22+/m1/s1. The molecule has 0 aromatic heterocycles. The van der Waals surface area contributed by atoms with Gasteiger partial charge in [-0.15, -0.1) is 0 Å². The van der Waals surface area contributed by atoms with Crippen LogP contribution in [0.15, 0.2) is 30.3 Å². The molecular formula is C22H32F2N2O2. The molecule has 0 bridgehead atoms. The summed E-state index contributed by atoms with van der Waals surface area (Å²) in [6.45, 7) is 3.15. The van der Waals surface area contributed by atoms with E-state index in [9.17, 15) is 18.7 Å². The topological polar surface area (TPSA) is 66.6 Å². The second kappa shape index (κ2) is 8.46. The van der Waals surface area contributed by atoms with Crippen LogP contribution >= 0.6 is 0 Å². The van der Waals surface area contributed by atoms with E-state index < -0.39 is 29.8 Å². The quantitative estimate of drug-likeness (QED) is 0.774. The monoisotopic (exact) mass is 394 g/mol. The van der Waals surface area contributed by atoms with Gasteiger partial charge in [-0.3, -0.25) is 4.79 Å². The van der Waals surface area contributed by atoms with Gasteiger partial charge in [0.05, 0.1) is 0 Å². The van der Waals surface area contributed by atoms with Crippen molar-refractivity contribution in [3.8, 4) is 0 Å². The molecule has 1 aromatic rings. The highest BCUT2D eigenvalue weighted by molar-refractivity contribution is 5.87. The third-order valence-electron chi connectivity index (χ3n) is 6.60. The van der Waals surface area contributed by atoms with Gasteiger partial charge in [0.1, 0.15) is 0 Å². The fraction of sp³-hybridized carbons (Fsp3) is 0.682. The number of alkyl halides is 2. The van der Waals surface area contributed by atoms with Crippen molar-refractivity contribution in [3.05, 3.63) is 35.9 Å². The lowest BCUT2D eigenvalue weighted by Gasteiger charge is -2.41. The van der Waals surface area contributed by atoms with Gasteiger partial charge in [0.25, 0.3) is 5.91 Å². The van der Waals surface area contributed by atoms with E-state index in [4.69, 9.17) is 5.73 Å². The lowest BCUT2D eigenvalue weighted by molar-refractivity contribution is -0.162. The summed E-state index contributed by atoms with van der Waals surface area (Å²) in [6, 6.07) is 8.77. The summed E-state index contributed by atoms with van der Waals surface area (Å²) in [7, 11) is 0. The van der Waals surface area contributed by atoms with Crippen LogP contribution < -0.4 is 5.73 Å². The van der Waals surface area contributed by atoms with E-state index in [1.165, 1.54) is 0 Å². The number of amides is 1. The summed E-state index contributed by atoms with van der Waals surface area (Å²) in [5.74, 6) is -3.56. The number of hydrogen-bond acceptors (Lipinski definition) is 3. The van der Waals surface area contributed by atoms with Crippen LogP contribution in [0.5, 0.6) is 0 Å². The SMILES string of the molecule is CCC(N)CC1CCN(C(=O)[C@](O)(c2ccccc2)[C@@H]2CCC(F)(F)C2)CC1. The minimum atomic E-state index is -2.82. The van der Waals surface area contributed by atoms with Crippen molar-refractivity contribution < 1.29 is 18.7 Å². The molecule has 28 heavy (non-hydrogen) atoms. The maximum atomic E-state index is 13.9. The maximum Gasteiger partial charge on any atom is 0.259 e. The van der Waals surface area contributed by atoms with E-state index in [2.05, 4.69) is 6.92 Å². The second-order valence-electron chi connectivity index (χ2n) is 8.57. The van der Waals surface area contributed by atoms with Gasteiger partial charge in [-0.1, -0.05) is 37.3 Å². The Morgan fingerprint density at radius 3 is 2.46 bits per heavy atom. The highest BCUT2D eigenvalue weighted by Gasteiger charge is 2.54. The zero-order valence-corrected chi connectivity index (χ0v) is 16.6. The average Bonchev–Trinajstić information content (AvgIpc) is 3.08. The molecule has 4 nitrogen and oxygen atoms in total. The number of benzene rings is 1. The summed E-state index contributed by atoms with van der Waals surface area (Å²) in [6.07, 6.45) is 2.96. The van der Waals surface area contributed by atoms with Crippen molar-refractivity contribution in [2.75, 3.05) is 13.1 Å². The molecular weight excluding hydrogens is 362 g/mol. The lowest BCUT2D eigenvalue weighted by atomic mass is 9.78. The molecule has 0 spiro atoms. The number of aliphatic hydroxyl groups is 1. The first-order chi connectivity index (χ1) is 13.3. The van der Waals surface area contributed by atoms with Crippen molar-refractivity contribution in [1.82, 2.24) is 4.90 Å². The van der Waals surface area contributed by atoms with Crippen LogP contribution in [0.25, 0.3) is 0 Å². The van der Waals surface area contributed by atoms with Crippen molar-refractivity contribution in [3.63, 3.8) is 0 Å². The predicted octanol–water partition coefficient (Wildman–Crippen LogP) is 3.68. The molecule has 1 aliphatic heterocycles. The van der Waals surface area contributed by atoms with Crippen molar-refractivity contribution in [2.45, 2.75) is 69.4 Å². The first-order valence-corrected chi connectivity index (χ1v) is 10.5. The molecule has 6 heteroatoms. The predicted molar refractivity (Wildman–Crippen MR) is 105 cm³/mol. The van der Waals surface area contributed by atoms with Crippen LogP contribution in [-0.2, 0) is 10.4 Å². The van der Waals surface area contributed by atoms with E-state index in [-0.39, 0.29) is 18.9 Å². The van der Waals surface area contributed by atoms with Gasteiger partial charge >= 0.3 is 0 Å². The largest absolute Gasteiger partial charge is 0.375 e. The molecule has 0 radical (unpaired) electrons. The number of halogens is 2. The van der Waals surface area contributed by atoms with E-state index in [1.54, 1.807) is 35.2 Å². The number of nitrogens with zero attached hydrogens (tertiary/aromatic N) is 1. The summed E-state index contributed by atoms with van der Waals surface area (Å²) in [4.78, 5) is 15.1. The number of piperidine rings is 1. The van der Waals surface area contributed by atoms with Crippen LogP contribution in [0.2, 0.25) is 0 Å². The fourth-order valence-electron chi connectivity index (χ4n) is 4.74. The molecule has 3 rings (SSSR count). The van der Waals surface area contributed by atoms with Crippen LogP contribution in [0, 0.1) is 11.8 Å². The minimum Gasteiger partial charge on any atom is -0.375 e. The van der Waals surface area contributed by atoms with Gasteiger partial charge in [0.2, 0.25) is 5.92 Å². The Morgan fingerprint density at radius 1 is 1.29 bits per heavy atom. The third-order valence-corrected chi connectivity index (χ3v) is 6.60. The van der Waals surface area contributed by atoms with Crippen LogP contribution in [0.3, 0.4) is 0 Å². The van der Waals surface area contributed by atoms with Gasteiger partial charge in [0.15, 0.2) is 5.60 Å². The summed E-state index contributed by atoms with van der Waals surface area (Å²) in [5, 5.41) is 11.5. The Labute approximate surface area is 166 Å². The molecule has 156 valence electrons. The zero-order chi connectivity index (χ0) is 20.4. The van der Waals surface area contributed by atoms with E-state index in [0.717, 1.165) is 25.7 Å². The maximum absolute atomic E-state index is 13.9. The highest BCUT2D eigenvalue weighted by atomic mass is 19.3. The molecule has 3 N–H and O–H groups in total. The number of nitrogens with two attached hydrogens (primary N) is 1. The molecule has 1 unspecified atom stereocenters. The van der Waals surface area contributed by atoms with Gasteiger partial charge in [-0.05, 0) is 43.6 Å². The molecule has 2 aliphatic rings. The smallest absolute Gasteiger partial charge is 0.259 e. The van der Waals surface area contributed by atoms with Crippen molar-refractivity contribution >= 4 is 5.91 Å². The Morgan fingerprint density at radius 2 is 1.93 bits per heavy atom. The van der Waals surface area contributed by atoms with Crippen molar-refractivity contribution in [2.24, 2.45) is 17.6 Å². The minimum absolute atomic E-state index is 0.145. The number of carbonyl (C=O) groups excluding carboxylic acids is 1. The normalized spacial score (nSPS) is 26.0. The van der Waals surface area contributed by atoms with Gasteiger partial charge in [-0.25, -0.2) is 8.78 Å². The average molecular weight is 395 g/mol. The second-order valence-corrected chi connectivity index (χ2v) is 8.57. The molecule has 1 aliphatic carbocycles. The van der Waals surface area contributed by atoms with Gasteiger partial charge in [0, 0.05) is 37.9 Å². The Kier molecular flexibility index (Phi) is 6.40. The molecule has 1 saturated carbocycles. The summed E-state index contributed by atoms with van der Waals surface area (Å²) >= 11 is 0. The van der Waals surface area contributed by atoms with Crippen molar-refractivity contribution in [1.29, 1.82) is 0 Å². The Bertz CT molecular complexity index is 662. The number of hydrogen-bond donors (Lipinski definition) is 2. The number of rotatable bonds is 6. The fourth-order valence-corrected chi connectivity index (χ4v) is 4.74. The first kappa shape index (κ1) is 21.2. The van der Waals surface area contributed by atoms with Crippen LogP contribution in [0.4, 0.5) is 8.78 Å². The first-order valence-electron chi connectivity index (χ1n) is 10.5. The third kappa shape index (κ3) is 4.38. The lowest BCUT2D eigenvalue weighted by Crippen LogP contribution is -2.53. The van der Waals surface area contributed by atoms with E-state index >= 15 is 0 Å². The number of likely N-dealkylation sites (tertiary alicyclic amines) is 1. The molecule has 1 saturated heterocycles. The highest BCUT2D eigenvalue weighted by Crippen LogP contribution is 2.48. The van der Waals surface area contributed by atoms with E-state index in [1.807, 2.05) is 0 Å². The molecule has 3 atom stereocenters. The Balaban J connectivity index is 1.77. The molecule has 1 amide bonds. The van der Waals surface area contributed by atoms with E-state index in [0.29, 0.717) is 24.6 Å². The molecule has 1 aromatic carbocycles. The molecule has 2 fully saturated rings. The van der Waals surface area contributed by atoms with Gasteiger partial charge in [-0.2, -0.15) is 0 Å². The van der Waals surface area contributed by atoms with Gasteiger partial charge < -0.3 is 15.7 Å². The van der Waals surface area contributed by atoms with Crippen LogP contribution in [-0.4, -0.2) is 41.0 Å². The summed E-state index contributed by atoms with van der Waals surface area (Å²) < 4.78 is 27.8. The molecule has 1 heterocycles.